The van der Waals surface area contributed by atoms with Gasteiger partial charge in [0.25, 0.3) is 9.24 Å². The van der Waals surface area contributed by atoms with Gasteiger partial charge in [-0.1, -0.05) is 0 Å². The van der Waals surface area contributed by atoms with Crippen molar-refractivity contribution in [3.8, 4) is 45.5 Å². The number of hydrogen-bond donors (Lipinski definition) is 3. The monoisotopic (exact) mass is 1010 g/mol. The van der Waals surface area contributed by atoms with Crippen LogP contribution in [-0.2, 0) is 19.5 Å². The second-order valence-electron chi connectivity index (χ2n) is 16.1. The lowest BCUT2D eigenvalue weighted by atomic mass is 10.0. The SMILES string of the molecule is COc1ccc(N2CCC(N(C)C(=O)n3cnc(-c4ccc(O)cc4)c3)CC2)cc1.COc1ccc(N2CCC(N(C)C(=O)n3cnc(-c4ccc(OS(N)(=O)=O)cc4)c3)CC2)cc1.NS(=O)(=O)Cl. The van der Waals surface area contributed by atoms with E-state index in [1.807, 2.05) is 43.3 Å². The van der Waals surface area contributed by atoms with Crippen LogP contribution in [0.2, 0.25) is 0 Å². The summed E-state index contributed by atoms with van der Waals surface area (Å²) in [4.78, 5) is 42.9. The summed E-state index contributed by atoms with van der Waals surface area (Å²) in [5.41, 5.74) is 5.17. The van der Waals surface area contributed by atoms with E-state index in [0.717, 1.165) is 74.6 Å². The number of halogens is 1. The van der Waals surface area contributed by atoms with Gasteiger partial charge in [-0.05, 0) is 123 Å². The van der Waals surface area contributed by atoms with Crippen molar-refractivity contribution in [2.45, 2.75) is 37.8 Å². The molecule has 5 N–H and O–H groups in total. The van der Waals surface area contributed by atoms with Crippen molar-refractivity contribution in [1.29, 1.82) is 0 Å². The second-order valence-corrected chi connectivity index (χ2v) is 19.5. The number of aromatic hydroxyl groups is 1. The van der Waals surface area contributed by atoms with E-state index in [0.29, 0.717) is 17.0 Å². The molecule has 0 aliphatic carbocycles. The van der Waals surface area contributed by atoms with Crippen molar-refractivity contribution >= 4 is 53.7 Å². The number of aromatic nitrogens is 4. The molecule has 20 nitrogen and oxygen atoms in total. The number of carbonyl (C=O) groups excluding carboxylic acids is 2. The number of carbonyl (C=O) groups is 2. The number of hydrogen-bond acceptors (Lipinski definition) is 14. The Morgan fingerprint density at radius 2 is 0.942 bits per heavy atom. The van der Waals surface area contributed by atoms with Gasteiger partial charge in [-0.25, -0.2) is 24.7 Å². The number of nitrogens with zero attached hydrogens (tertiary/aromatic N) is 8. The maximum Gasteiger partial charge on any atom is 0.380 e. The number of methoxy groups -OCH3 is 2. The van der Waals surface area contributed by atoms with Crippen LogP contribution in [-0.4, -0.2) is 129 Å². The highest BCUT2D eigenvalue weighted by atomic mass is 35.7. The number of benzene rings is 4. The molecule has 2 saturated heterocycles. The largest absolute Gasteiger partial charge is 0.508 e. The molecule has 2 aromatic heterocycles. The maximum atomic E-state index is 13.0. The van der Waals surface area contributed by atoms with Crippen LogP contribution in [0.3, 0.4) is 0 Å². The fourth-order valence-electron chi connectivity index (χ4n) is 7.89. The number of phenols is 1. The standard InChI is InChI=1S/C23H27N5O5S.C23H26N4O3.ClH2NO2S/c1-26(18-11-13-27(14-12-18)19-5-9-20(32-2)10-6-19)23(29)28-15-22(25-16-28)17-3-7-21(8-4-17)33-34(24,30)31;1-25(18-11-13-26(14-12-18)19-5-9-21(30-2)10-6-19)23(29)27-15-22(24-16-27)17-3-7-20(28)8-4-17;1-5(2,3)4/h3-10,15-16,18H,11-14H2,1-2H3,(H2,24,30,31);3-10,15-16,18,28H,11-14H2,1-2H3;(H2,2,3,4). The third kappa shape index (κ3) is 14.8. The number of anilines is 2. The Morgan fingerprint density at radius 3 is 1.28 bits per heavy atom. The lowest BCUT2D eigenvalue weighted by Crippen LogP contribution is -2.46. The Kier molecular flexibility index (Phi) is 17.2. The van der Waals surface area contributed by atoms with Gasteiger partial charge in [0.2, 0.25) is 0 Å². The van der Waals surface area contributed by atoms with Crippen LogP contribution >= 0.6 is 10.7 Å². The van der Waals surface area contributed by atoms with Gasteiger partial charge in [0, 0.05) is 97.9 Å². The minimum Gasteiger partial charge on any atom is -0.508 e. The van der Waals surface area contributed by atoms with Crippen LogP contribution in [0.15, 0.2) is 122 Å². The summed E-state index contributed by atoms with van der Waals surface area (Å²) in [6, 6.07) is 29.2. The van der Waals surface area contributed by atoms with Crippen molar-refractivity contribution in [2.75, 3.05) is 64.3 Å². The molecule has 2 aliphatic heterocycles. The van der Waals surface area contributed by atoms with Gasteiger partial charge < -0.3 is 38.4 Å². The summed E-state index contributed by atoms with van der Waals surface area (Å²) in [6.07, 6.45) is 9.96. The molecule has 23 heteroatoms. The van der Waals surface area contributed by atoms with Crippen LogP contribution in [0.4, 0.5) is 21.0 Å². The summed E-state index contributed by atoms with van der Waals surface area (Å²) < 4.78 is 58.5. The Balaban J connectivity index is 0.000000208. The molecule has 2 amide bonds. The first-order chi connectivity index (χ1) is 32.8. The molecule has 0 spiro atoms. The van der Waals surface area contributed by atoms with E-state index in [1.165, 1.54) is 33.3 Å². The molecule has 0 bridgehead atoms. The van der Waals surface area contributed by atoms with Gasteiger partial charge in [0.1, 0.15) is 35.7 Å². The van der Waals surface area contributed by atoms with Crippen molar-refractivity contribution in [1.82, 2.24) is 28.9 Å². The number of ether oxygens (including phenoxy) is 2. The highest BCUT2D eigenvalue weighted by Gasteiger charge is 2.28. The molecular formula is C46H55ClN10O10S2. The highest BCUT2D eigenvalue weighted by Crippen LogP contribution is 2.28. The summed E-state index contributed by atoms with van der Waals surface area (Å²) in [6.45, 7) is 3.52. The van der Waals surface area contributed by atoms with Gasteiger partial charge in [-0.2, -0.15) is 22.0 Å². The fourth-order valence-corrected chi connectivity index (χ4v) is 8.27. The molecule has 2 aliphatic rings. The Morgan fingerprint density at radius 1 is 0.609 bits per heavy atom. The number of nitrogens with two attached hydrogens (primary N) is 2. The third-order valence-corrected chi connectivity index (χ3v) is 12.1. The minimum absolute atomic E-state index is 0.0876. The zero-order valence-electron chi connectivity index (χ0n) is 38.4. The lowest BCUT2D eigenvalue weighted by Gasteiger charge is -2.37. The van der Waals surface area contributed by atoms with Crippen LogP contribution in [0.5, 0.6) is 23.0 Å². The van der Waals surface area contributed by atoms with Crippen molar-refractivity contribution in [3.05, 3.63) is 122 Å². The molecule has 368 valence electrons. The summed E-state index contributed by atoms with van der Waals surface area (Å²) >= 11 is 0. The van der Waals surface area contributed by atoms with Crippen molar-refractivity contribution < 1.29 is 45.2 Å². The third-order valence-electron chi connectivity index (χ3n) is 11.6. The van der Waals surface area contributed by atoms with Gasteiger partial charge in [0.15, 0.2) is 0 Å². The van der Waals surface area contributed by atoms with E-state index in [2.05, 4.69) is 64.0 Å². The number of piperidine rings is 2. The molecule has 0 atom stereocenters. The molecule has 69 heavy (non-hydrogen) atoms. The Labute approximate surface area is 406 Å². The van der Waals surface area contributed by atoms with Crippen LogP contribution in [0.25, 0.3) is 22.5 Å². The van der Waals surface area contributed by atoms with Gasteiger partial charge in [-0.15, -0.1) is 0 Å². The summed E-state index contributed by atoms with van der Waals surface area (Å²) in [5.74, 6) is 1.99. The molecule has 2 fully saturated rings. The molecular weight excluding hydrogens is 952 g/mol. The smallest absolute Gasteiger partial charge is 0.380 e. The molecule has 8 rings (SSSR count). The molecule has 4 aromatic carbocycles. The van der Waals surface area contributed by atoms with Crippen molar-refractivity contribution in [3.63, 3.8) is 0 Å². The first kappa shape index (κ1) is 51.5. The van der Waals surface area contributed by atoms with Crippen LogP contribution < -0.4 is 33.7 Å². The molecule has 4 heterocycles. The number of rotatable bonds is 10. The van der Waals surface area contributed by atoms with E-state index in [-0.39, 0.29) is 35.6 Å². The highest BCUT2D eigenvalue weighted by molar-refractivity contribution is 8.11. The Hall–Kier alpha value is -6.85. The first-order valence-electron chi connectivity index (χ1n) is 21.5. The molecule has 0 saturated carbocycles. The number of phenolic OH excluding ortho intramolecular Hbond substituents is 1. The number of amides is 2. The van der Waals surface area contributed by atoms with E-state index in [9.17, 15) is 31.5 Å². The zero-order chi connectivity index (χ0) is 49.9. The molecule has 6 aromatic rings. The van der Waals surface area contributed by atoms with E-state index >= 15 is 0 Å². The quantitative estimate of drug-likeness (QED) is 0.134. The molecule has 0 unspecified atom stereocenters. The average molecular weight is 1010 g/mol. The fraction of sp³-hybridized carbons (Fsp3) is 0.304. The van der Waals surface area contributed by atoms with E-state index in [4.69, 9.17) is 14.6 Å². The maximum absolute atomic E-state index is 13.0. The lowest BCUT2D eigenvalue weighted by molar-refractivity contribution is 0.180. The summed E-state index contributed by atoms with van der Waals surface area (Å²) in [5, 5.41) is 18.4. The zero-order valence-corrected chi connectivity index (χ0v) is 40.8. The predicted octanol–water partition coefficient (Wildman–Crippen LogP) is 5.97. The van der Waals surface area contributed by atoms with Gasteiger partial charge >= 0.3 is 22.4 Å². The average Bonchev–Trinajstić information content (AvgIpc) is 4.05. The minimum atomic E-state index is -4.08. The van der Waals surface area contributed by atoms with Gasteiger partial charge in [-0.3, -0.25) is 9.13 Å². The first-order valence-corrected chi connectivity index (χ1v) is 25.4. The summed E-state index contributed by atoms with van der Waals surface area (Å²) in [7, 11) is 3.50. The van der Waals surface area contributed by atoms with Gasteiger partial charge in [0.05, 0.1) is 25.6 Å². The second kappa shape index (κ2) is 23.0. The Bertz CT molecular complexity index is 2840. The van der Waals surface area contributed by atoms with Crippen LogP contribution in [0.1, 0.15) is 25.7 Å². The van der Waals surface area contributed by atoms with Crippen LogP contribution in [0, 0.1) is 0 Å². The topological polar surface area (TPSA) is 251 Å². The molecule has 0 radical (unpaired) electrons. The van der Waals surface area contributed by atoms with Crippen molar-refractivity contribution in [2.24, 2.45) is 10.3 Å². The number of imidazole rings is 2. The van der Waals surface area contributed by atoms with E-state index in [1.54, 1.807) is 74.2 Å². The van der Waals surface area contributed by atoms with E-state index < -0.39 is 19.5 Å². The predicted molar refractivity (Wildman–Crippen MR) is 263 cm³/mol. The normalized spacial score (nSPS) is 14.4.